The molecule has 3 aromatic rings. The average Bonchev–Trinajstić information content (AvgIpc) is 3.38. The summed E-state index contributed by atoms with van der Waals surface area (Å²) in [5.74, 6) is -1.85. The van der Waals surface area contributed by atoms with Crippen molar-refractivity contribution in [3.8, 4) is 0 Å². The SMILES string of the molecule is COC(=O)C(Cc1ccc(NC(=O)OC(C)(C)C)nc1)(C(=O)OC)c1cn(S(=O)(=O)c2ccc(C)cc2)cn1. The minimum atomic E-state index is -4.08. The van der Waals surface area contributed by atoms with Crippen LogP contribution in [-0.4, -0.2) is 60.2 Å². The predicted octanol–water partition coefficient (Wildman–Crippen LogP) is 3.00. The van der Waals surface area contributed by atoms with Gasteiger partial charge in [0.1, 0.15) is 17.7 Å². The smallest absolute Gasteiger partial charge is 0.413 e. The van der Waals surface area contributed by atoms with Gasteiger partial charge in [-0.3, -0.25) is 14.9 Å². The molecule has 0 fully saturated rings. The van der Waals surface area contributed by atoms with Crippen LogP contribution in [0.1, 0.15) is 37.6 Å². The first-order valence-corrected chi connectivity index (χ1v) is 13.2. The summed E-state index contributed by atoms with van der Waals surface area (Å²) in [5.41, 5.74) is -1.82. The zero-order valence-electron chi connectivity index (χ0n) is 22.4. The number of imidazole rings is 1. The van der Waals surface area contributed by atoms with E-state index in [9.17, 15) is 22.8 Å². The molecule has 3 rings (SSSR count). The summed E-state index contributed by atoms with van der Waals surface area (Å²) in [7, 11) is -1.90. The number of hydrogen-bond acceptors (Lipinski definition) is 10. The molecule has 208 valence electrons. The number of amides is 1. The highest BCUT2D eigenvalue weighted by Crippen LogP contribution is 2.32. The van der Waals surface area contributed by atoms with Gasteiger partial charge >= 0.3 is 18.0 Å². The number of carbonyl (C=O) groups is 3. The Balaban J connectivity index is 2.00. The lowest BCUT2D eigenvalue weighted by molar-refractivity contribution is -0.162. The molecule has 0 aliphatic rings. The van der Waals surface area contributed by atoms with Crippen LogP contribution in [0, 0.1) is 6.92 Å². The second-order valence-corrected chi connectivity index (χ2v) is 11.5. The zero-order valence-corrected chi connectivity index (χ0v) is 23.2. The Hall–Kier alpha value is -4.26. The van der Waals surface area contributed by atoms with Crippen LogP contribution in [0.4, 0.5) is 10.6 Å². The second kappa shape index (κ2) is 11.2. The van der Waals surface area contributed by atoms with E-state index in [1.165, 1.54) is 30.5 Å². The monoisotopic (exact) mass is 558 g/mol. The molecule has 1 amide bonds. The highest BCUT2D eigenvalue weighted by molar-refractivity contribution is 7.90. The van der Waals surface area contributed by atoms with Gasteiger partial charge in [0.25, 0.3) is 10.0 Å². The predicted molar refractivity (Wildman–Crippen MR) is 139 cm³/mol. The van der Waals surface area contributed by atoms with Gasteiger partial charge in [0.15, 0.2) is 0 Å². The standard InChI is InChI=1S/C26H30N4O8S/c1-17-7-10-19(11-8-17)39(34,35)30-15-20(28-16-30)26(22(31)36-5,23(32)37-6)13-18-9-12-21(27-14-18)29-24(33)38-25(2,3)4/h7-12,14-16H,13H2,1-6H3,(H,27,29,33). The minimum absolute atomic E-state index is 0.00365. The van der Waals surface area contributed by atoms with Gasteiger partial charge < -0.3 is 14.2 Å². The molecule has 0 unspecified atom stereocenters. The van der Waals surface area contributed by atoms with Crippen molar-refractivity contribution in [2.24, 2.45) is 0 Å². The van der Waals surface area contributed by atoms with Gasteiger partial charge in [-0.15, -0.1) is 0 Å². The number of pyridine rings is 1. The molecule has 13 heteroatoms. The quantitative estimate of drug-likeness (QED) is 0.248. The molecule has 0 aliphatic carbocycles. The number of aryl methyl sites for hydroxylation is 1. The van der Waals surface area contributed by atoms with Gasteiger partial charge in [0.2, 0.25) is 5.41 Å². The molecule has 1 aromatic carbocycles. The van der Waals surface area contributed by atoms with E-state index in [0.29, 0.717) is 5.56 Å². The Bertz CT molecular complexity index is 1440. The van der Waals surface area contributed by atoms with Crippen LogP contribution in [-0.2, 0) is 45.7 Å². The summed E-state index contributed by atoms with van der Waals surface area (Å²) in [5, 5.41) is 2.49. The van der Waals surface area contributed by atoms with Crippen LogP contribution < -0.4 is 5.32 Å². The van der Waals surface area contributed by atoms with Crippen molar-refractivity contribution in [2.45, 2.75) is 50.0 Å². The van der Waals surface area contributed by atoms with Crippen LogP contribution in [0.15, 0.2) is 60.0 Å². The summed E-state index contributed by atoms with van der Waals surface area (Å²) in [6, 6.07) is 9.16. The first kappa shape index (κ1) is 29.3. The number of benzene rings is 1. The van der Waals surface area contributed by atoms with Crippen LogP contribution in [0.25, 0.3) is 0 Å². The van der Waals surface area contributed by atoms with E-state index >= 15 is 0 Å². The van der Waals surface area contributed by atoms with Gasteiger partial charge in [-0.05, 0) is 51.5 Å². The van der Waals surface area contributed by atoms with E-state index in [4.69, 9.17) is 14.2 Å². The molecule has 0 saturated heterocycles. The lowest BCUT2D eigenvalue weighted by Gasteiger charge is -2.26. The lowest BCUT2D eigenvalue weighted by atomic mass is 9.79. The van der Waals surface area contributed by atoms with Crippen LogP contribution in [0.5, 0.6) is 0 Å². The summed E-state index contributed by atoms with van der Waals surface area (Å²) in [6.07, 6.45) is 2.38. The molecule has 0 bridgehead atoms. The molecule has 0 aliphatic heterocycles. The maximum Gasteiger partial charge on any atom is 0.413 e. The molecule has 12 nitrogen and oxygen atoms in total. The lowest BCUT2D eigenvalue weighted by Crippen LogP contribution is -2.47. The summed E-state index contributed by atoms with van der Waals surface area (Å²) < 4.78 is 42.3. The van der Waals surface area contributed by atoms with Crippen molar-refractivity contribution in [2.75, 3.05) is 19.5 Å². The highest BCUT2D eigenvalue weighted by Gasteiger charge is 2.52. The van der Waals surface area contributed by atoms with E-state index in [1.807, 2.05) is 6.92 Å². The molecule has 0 saturated carbocycles. The van der Waals surface area contributed by atoms with Crippen molar-refractivity contribution in [1.82, 2.24) is 13.9 Å². The van der Waals surface area contributed by atoms with E-state index in [1.54, 1.807) is 32.9 Å². The maximum absolute atomic E-state index is 13.2. The number of nitrogens with one attached hydrogen (secondary N) is 1. The van der Waals surface area contributed by atoms with Gasteiger partial charge in [0.05, 0.1) is 24.8 Å². The Kier molecular flexibility index (Phi) is 8.44. The molecule has 39 heavy (non-hydrogen) atoms. The van der Waals surface area contributed by atoms with Gasteiger partial charge in [-0.1, -0.05) is 23.8 Å². The number of rotatable bonds is 8. The largest absolute Gasteiger partial charge is 0.468 e. The number of esters is 2. The number of carbonyl (C=O) groups excluding carboxylic acids is 3. The molecular weight excluding hydrogens is 528 g/mol. The van der Waals surface area contributed by atoms with E-state index in [0.717, 1.165) is 36.3 Å². The van der Waals surface area contributed by atoms with Crippen LogP contribution in [0.3, 0.4) is 0 Å². The highest BCUT2D eigenvalue weighted by atomic mass is 32.2. The second-order valence-electron chi connectivity index (χ2n) is 9.65. The van der Waals surface area contributed by atoms with E-state index < -0.39 is 39.1 Å². The Morgan fingerprint density at radius 2 is 1.56 bits per heavy atom. The van der Waals surface area contributed by atoms with Crippen LogP contribution in [0.2, 0.25) is 0 Å². The summed E-state index contributed by atoms with van der Waals surface area (Å²) in [6.45, 7) is 6.97. The van der Waals surface area contributed by atoms with Crippen molar-refractivity contribution >= 4 is 33.9 Å². The first-order valence-electron chi connectivity index (χ1n) is 11.7. The Labute approximate surface area is 226 Å². The normalized spacial score (nSPS) is 11.9. The van der Waals surface area contributed by atoms with Crippen LogP contribution >= 0.6 is 0 Å². The number of nitrogens with zero attached hydrogens (tertiary/aromatic N) is 3. The average molecular weight is 559 g/mol. The third-order valence-corrected chi connectivity index (χ3v) is 7.21. The van der Waals surface area contributed by atoms with Gasteiger partial charge in [-0.25, -0.2) is 27.2 Å². The first-order chi connectivity index (χ1) is 18.2. The fourth-order valence-corrected chi connectivity index (χ4v) is 4.82. The number of hydrogen-bond donors (Lipinski definition) is 1. The van der Waals surface area contributed by atoms with Gasteiger partial charge in [0, 0.05) is 18.8 Å². The zero-order chi connectivity index (χ0) is 29.0. The third kappa shape index (κ3) is 6.42. The minimum Gasteiger partial charge on any atom is -0.468 e. The van der Waals surface area contributed by atoms with Crippen molar-refractivity contribution in [3.05, 3.63) is 71.9 Å². The topological polar surface area (TPSA) is 156 Å². The number of methoxy groups -OCH3 is 2. The third-order valence-electron chi connectivity index (χ3n) is 5.58. The molecule has 2 aromatic heterocycles. The molecule has 2 heterocycles. The molecular formula is C26H30N4O8S. The molecule has 0 radical (unpaired) electrons. The molecule has 0 spiro atoms. The van der Waals surface area contributed by atoms with E-state index in [2.05, 4.69) is 15.3 Å². The Morgan fingerprint density at radius 1 is 0.949 bits per heavy atom. The molecule has 0 atom stereocenters. The van der Waals surface area contributed by atoms with Crippen molar-refractivity contribution in [1.29, 1.82) is 0 Å². The van der Waals surface area contributed by atoms with Gasteiger partial charge in [-0.2, -0.15) is 0 Å². The van der Waals surface area contributed by atoms with Crippen molar-refractivity contribution < 1.29 is 37.0 Å². The van der Waals surface area contributed by atoms with Crippen molar-refractivity contribution in [3.63, 3.8) is 0 Å². The summed E-state index contributed by atoms with van der Waals surface area (Å²) in [4.78, 5) is 46.6. The number of aromatic nitrogens is 3. The Morgan fingerprint density at radius 3 is 2.08 bits per heavy atom. The fraction of sp³-hybridized carbons (Fsp3) is 0.346. The number of ether oxygens (including phenoxy) is 3. The van der Waals surface area contributed by atoms with E-state index in [-0.39, 0.29) is 22.8 Å². The fourth-order valence-electron chi connectivity index (χ4n) is 3.68. The summed E-state index contributed by atoms with van der Waals surface area (Å²) >= 11 is 0. The number of anilines is 1. The maximum atomic E-state index is 13.2. The molecule has 1 N–H and O–H groups in total.